The maximum Gasteiger partial charge on any atom is 0.253 e. The third kappa shape index (κ3) is 2.39. The van der Waals surface area contributed by atoms with Crippen molar-refractivity contribution in [3.63, 3.8) is 0 Å². The van der Waals surface area contributed by atoms with Crippen LogP contribution in [0.15, 0.2) is 48.5 Å². The maximum absolute atomic E-state index is 13.3. The second kappa shape index (κ2) is 6.35. The van der Waals surface area contributed by atoms with Crippen molar-refractivity contribution in [1.82, 2.24) is 4.90 Å². The smallest absolute Gasteiger partial charge is 0.253 e. The van der Waals surface area contributed by atoms with E-state index in [1.807, 2.05) is 54.4 Å². The summed E-state index contributed by atoms with van der Waals surface area (Å²) >= 11 is 0. The van der Waals surface area contributed by atoms with Gasteiger partial charge in [0.2, 0.25) is 0 Å². The fourth-order valence-electron chi connectivity index (χ4n) is 7.62. The largest absolute Gasteiger partial charge is 0.508 e. The number of phenolic OH excluding ortho intramolecular Hbond substituents is 1. The molecule has 2 fully saturated rings. The van der Waals surface area contributed by atoms with Crippen LogP contribution in [0.5, 0.6) is 5.75 Å². The Bertz CT molecular complexity index is 954. The summed E-state index contributed by atoms with van der Waals surface area (Å²) in [7, 11) is 2.00. The molecule has 5 unspecified atom stereocenters. The Labute approximate surface area is 173 Å². The lowest BCUT2D eigenvalue weighted by molar-refractivity contribution is -0.00823. The molecule has 3 heteroatoms. The number of aromatic hydroxyl groups is 1. The van der Waals surface area contributed by atoms with E-state index in [0.29, 0.717) is 17.6 Å². The Morgan fingerprint density at radius 3 is 2.59 bits per heavy atom. The zero-order valence-corrected chi connectivity index (χ0v) is 17.7. The van der Waals surface area contributed by atoms with Crippen LogP contribution in [0.25, 0.3) is 0 Å². The molecular weight excluding hydrogens is 358 g/mol. The van der Waals surface area contributed by atoms with Crippen molar-refractivity contribution in [3.8, 4) is 5.75 Å². The maximum atomic E-state index is 13.3. The second-order valence-corrected chi connectivity index (χ2v) is 9.91. The molecule has 2 saturated carbocycles. The molecule has 29 heavy (non-hydrogen) atoms. The van der Waals surface area contributed by atoms with E-state index in [1.165, 1.54) is 17.5 Å². The van der Waals surface area contributed by atoms with Crippen LogP contribution in [0.3, 0.4) is 0 Å². The number of benzene rings is 2. The monoisotopic (exact) mass is 389 g/mol. The lowest BCUT2D eigenvalue weighted by Crippen LogP contribution is -2.58. The lowest BCUT2D eigenvalue weighted by Gasteiger charge is -2.56. The molecule has 0 radical (unpaired) electrons. The van der Waals surface area contributed by atoms with Gasteiger partial charge in [-0.05, 0) is 84.7 Å². The molecule has 5 rings (SSSR count). The highest BCUT2D eigenvalue weighted by molar-refractivity contribution is 5.94. The van der Waals surface area contributed by atoms with Gasteiger partial charge in [-0.3, -0.25) is 4.79 Å². The highest BCUT2D eigenvalue weighted by Crippen LogP contribution is 2.70. The summed E-state index contributed by atoms with van der Waals surface area (Å²) in [6.07, 6.45) is 5.65. The van der Waals surface area contributed by atoms with Crippen LogP contribution in [0, 0.1) is 17.3 Å². The predicted octanol–water partition coefficient (Wildman–Crippen LogP) is 5.17. The average molecular weight is 390 g/mol. The van der Waals surface area contributed by atoms with Gasteiger partial charge in [-0.25, -0.2) is 0 Å². The van der Waals surface area contributed by atoms with Gasteiger partial charge in [-0.1, -0.05) is 38.1 Å². The van der Waals surface area contributed by atoms with Crippen LogP contribution >= 0.6 is 0 Å². The summed E-state index contributed by atoms with van der Waals surface area (Å²) in [5.74, 6) is 1.47. The number of amides is 1. The number of rotatable bonds is 2. The molecule has 152 valence electrons. The summed E-state index contributed by atoms with van der Waals surface area (Å²) in [5, 5.41) is 10.3. The first-order chi connectivity index (χ1) is 13.9. The van der Waals surface area contributed by atoms with Crippen LogP contribution in [0.2, 0.25) is 0 Å². The number of hydrogen-bond donors (Lipinski definition) is 1. The number of nitrogens with zero attached hydrogens (tertiary/aromatic N) is 1. The molecule has 2 aromatic carbocycles. The van der Waals surface area contributed by atoms with Gasteiger partial charge < -0.3 is 10.0 Å². The summed E-state index contributed by atoms with van der Waals surface area (Å²) in [5.41, 5.74) is 3.82. The van der Waals surface area contributed by atoms with Crippen molar-refractivity contribution in [1.29, 1.82) is 0 Å². The van der Waals surface area contributed by atoms with Gasteiger partial charge in [0.25, 0.3) is 5.91 Å². The molecule has 1 amide bonds. The minimum absolute atomic E-state index is 0.0508. The zero-order chi connectivity index (χ0) is 20.4. The minimum atomic E-state index is 0.0508. The first-order valence-electron chi connectivity index (χ1n) is 11.0. The molecular formula is C26H31NO2. The van der Waals surface area contributed by atoms with Crippen LogP contribution in [0.1, 0.15) is 61.0 Å². The standard InChI is InChI=1S/C26H31NO2/c1-17-15-19-9-10-20(28)16-22(19)26(17)21-11-13-25(26,2)14-12-23(21)27(3)24(29)18-7-5-4-6-8-18/h4-10,16-17,21,23,28H,11-15H2,1-3H3. The van der Waals surface area contributed by atoms with E-state index in [9.17, 15) is 9.90 Å². The lowest BCUT2D eigenvalue weighted by atomic mass is 9.50. The molecule has 3 nitrogen and oxygen atoms in total. The van der Waals surface area contributed by atoms with E-state index in [0.717, 1.165) is 31.2 Å². The minimum Gasteiger partial charge on any atom is -0.508 e. The molecule has 0 aromatic heterocycles. The van der Waals surface area contributed by atoms with E-state index < -0.39 is 0 Å². The molecule has 0 heterocycles. The summed E-state index contributed by atoms with van der Waals surface area (Å²) in [4.78, 5) is 15.3. The Morgan fingerprint density at radius 2 is 1.83 bits per heavy atom. The Balaban J connectivity index is 1.58. The predicted molar refractivity (Wildman–Crippen MR) is 115 cm³/mol. The number of carbonyl (C=O) groups is 1. The molecule has 5 atom stereocenters. The number of phenols is 1. The normalized spacial score (nSPS) is 34.9. The van der Waals surface area contributed by atoms with Crippen molar-refractivity contribution < 1.29 is 9.90 Å². The van der Waals surface area contributed by atoms with Crippen molar-refractivity contribution in [2.24, 2.45) is 17.3 Å². The van der Waals surface area contributed by atoms with Gasteiger partial charge in [0, 0.05) is 24.1 Å². The molecule has 0 aliphatic heterocycles. The van der Waals surface area contributed by atoms with E-state index in [1.54, 1.807) is 0 Å². The van der Waals surface area contributed by atoms with E-state index in [2.05, 4.69) is 19.9 Å². The molecule has 1 N–H and O–H groups in total. The third-order valence-corrected chi connectivity index (χ3v) is 8.73. The third-order valence-electron chi connectivity index (χ3n) is 8.73. The molecule has 3 aliphatic carbocycles. The first-order valence-corrected chi connectivity index (χ1v) is 11.0. The van der Waals surface area contributed by atoms with Crippen molar-refractivity contribution in [2.75, 3.05) is 7.05 Å². The molecule has 0 saturated heterocycles. The topological polar surface area (TPSA) is 40.5 Å². The Kier molecular flexibility index (Phi) is 4.10. The van der Waals surface area contributed by atoms with Crippen LogP contribution < -0.4 is 0 Å². The van der Waals surface area contributed by atoms with Gasteiger partial charge in [-0.15, -0.1) is 0 Å². The molecule has 3 aliphatic rings. The highest BCUT2D eigenvalue weighted by Gasteiger charge is 2.67. The summed E-state index contributed by atoms with van der Waals surface area (Å²) in [6.45, 7) is 4.87. The summed E-state index contributed by atoms with van der Waals surface area (Å²) < 4.78 is 0. The zero-order valence-electron chi connectivity index (χ0n) is 17.7. The van der Waals surface area contributed by atoms with Gasteiger partial charge in [0.15, 0.2) is 0 Å². The SMILES string of the molecule is CC1Cc2ccc(O)cc2C12C1CCC2(C)CCC1N(C)C(=O)c1ccccc1. The van der Waals surface area contributed by atoms with Gasteiger partial charge in [-0.2, -0.15) is 0 Å². The fourth-order valence-corrected chi connectivity index (χ4v) is 7.62. The Morgan fingerprint density at radius 1 is 1.10 bits per heavy atom. The summed E-state index contributed by atoms with van der Waals surface area (Å²) in [6, 6.07) is 15.9. The average Bonchev–Trinajstić information content (AvgIpc) is 3.11. The van der Waals surface area contributed by atoms with Crippen LogP contribution in [0.4, 0.5) is 0 Å². The van der Waals surface area contributed by atoms with Crippen molar-refractivity contribution >= 4 is 5.91 Å². The second-order valence-electron chi connectivity index (χ2n) is 9.91. The molecule has 2 aromatic rings. The number of hydrogen-bond acceptors (Lipinski definition) is 2. The number of fused-ring (bicyclic) bond motifs is 1. The molecule has 2 bridgehead atoms. The van der Waals surface area contributed by atoms with Crippen LogP contribution in [-0.2, 0) is 11.8 Å². The van der Waals surface area contributed by atoms with Gasteiger partial charge in [0.1, 0.15) is 5.75 Å². The van der Waals surface area contributed by atoms with E-state index in [-0.39, 0.29) is 22.8 Å². The molecule has 1 spiro atoms. The van der Waals surface area contributed by atoms with Gasteiger partial charge in [0.05, 0.1) is 0 Å². The van der Waals surface area contributed by atoms with E-state index in [4.69, 9.17) is 0 Å². The Hall–Kier alpha value is -2.29. The first kappa shape index (κ1) is 18.7. The highest BCUT2D eigenvalue weighted by atomic mass is 16.3. The van der Waals surface area contributed by atoms with Gasteiger partial charge >= 0.3 is 0 Å². The van der Waals surface area contributed by atoms with E-state index >= 15 is 0 Å². The van der Waals surface area contributed by atoms with Crippen molar-refractivity contribution in [3.05, 3.63) is 65.2 Å². The quantitative estimate of drug-likeness (QED) is 0.769. The number of carbonyl (C=O) groups excluding carboxylic acids is 1. The fraction of sp³-hybridized carbons (Fsp3) is 0.500. The van der Waals surface area contributed by atoms with Crippen LogP contribution in [-0.4, -0.2) is 29.0 Å². The van der Waals surface area contributed by atoms with Crippen molar-refractivity contribution in [2.45, 2.75) is 57.4 Å².